The van der Waals surface area contributed by atoms with E-state index in [-0.39, 0.29) is 35.2 Å². The number of anilines is 1. The van der Waals surface area contributed by atoms with Crippen LogP contribution in [0, 0.1) is 11.3 Å². The molecule has 13 nitrogen and oxygen atoms in total. The topological polar surface area (TPSA) is 207 Å². The van der Waals surface area contributed by atoms with Crippen LogP contribution in [0.15, 0.2) is 20.2 Å². The highest BCUT2D eigenvalue weighted by Gasteiger charge is 2.53. The first-order chi connectivity index (χ1) is 16.4. The Balaban J connectivity index is 1.73. The minimum absolute atomic E-state index is 0.0193. The number of fused-ring (bicyclic) bond motifs is 1. The van der Waals surface area contributed by atoms with Crippen LogP contribution in [0.25, 0.3) is 0 Å². The number of nitrogen functional groups attached to an aromatic ring is 1. The lowest BCUT2D eigenvalue weighted by Gasteiger charge is -2.50. The molecule has 0 spiro atoms. The zero-order chi connectivity index (χ0) is 26.1. The predicted octanol–water partition coefficient (Wildman–Crippen LogP) is 0.890. The molecule has 1 fully saturated rings. The van der Waals surface area contributed by atoms with E-state index in [1.54, 1.807) is 0 Å². The second-order valence-electron chi connectivity index (χ2n) is 6.99. The van der Waals surface area contributed by atoms with E-state index in [0.29, 0.717) is 11.8 Å². The van der Waals surface area contributed by atoms with Gasteiger partial charge in [0.2, 0.25) is 17.4 Å². The number of halogens is 3. The van der Waals surface area contributed by atoms with Crippen molar-refractivity contribution in [3.8, 4) is 0 Å². The van der Waals surface area contributed by atoms with Gasteiger partial charge in [0.15, 0.2) is 10.8 Å². The summed E-state index contributed by atoms with van der Waals surface area (Å²) in [6, 6.07) is -0.653. The lowest BCUT2D eigenvalue weighted by molar-refractivity contribution is -0.158. The van der Waals surface area contributed by atoms with Crippen LogP contribution in [0.5, 0.6) is 0 Å². The molecule has 0 unspecified atom stereocenters. The maximum atomic E-state index is 12.9. The Morgan fingerprint density at radius 3 is 2.63 bits per heavy atom. The highest BCUT2D eigenvalue weighted by atomic mass is 32.2. The third-order valence-corrected chi connectivity index (χ3v) is 7.00. The second kappa shape index (κ2) is 10.2. The van der Waals surface area contributed by atoms with E-state index in [0.717, 1.165) is 16.4 Å². The monoisotopic (exact) mass is 552 g/mol. The third kappa shape index (κ3) is 5.25. The van der Waals surface area contributed by atoms with E-state index >= 15 is 0 Å². The fourth-order valence-corrected chi connectivity index (χ4v) is 5.11. The molecule has 1 saturated heterocycles. The number of nitrogens with zero attached hydrogens (tertiary/aromatic N) is 5. The number of carbonyl (C=O) groups is 3. The standard InChI is InChI=1S/C16H15F3N8O5S3/c17-16(18,19)9(20)12(25-33)34-6-2-1-5-4(13(29)27(5)8(6)14(30)31)3-22-11(28)7(24-32)10-23-15(21)35-26-10/h4-5,20,32-33H,1-3H2,(H,22,28)(H,30,31)(H2,21,23,26)/b20-9?,24-7-,25-12?/t4-,5+/m0/s1. The third-order valence-electron chi connectivity index (χ3n) is 4.98. The van der Waals surface area contributed by atoms with E-state index in [1.807, 2.05) is 0 Å². The number of nitrogens with two attached hydrogens (primary N) is 1. The van der Waals surface area contributed by atoms with Gasteiger partial charge in [-0.25, -0.2) is 9.19 Å². The molecule has 6 N–H and O–H groups in total. The highest BCUT2D eigenvalue weighted by molar-refractivity contribution is 8.19. The zero-order valence-corrected chi connectivity index (χ0v) is 19.6. The number of nitrogens with one attached hydrogen (secondary N) is 2. The molecule has 0 radical (unpaired) electrons. The maximum Gasteiger partial charge on any atom is 0.435 e. The SMILES string of the molecule is N=C(C(=NS)SC1=C(C(=O)O)N2C(=O)[C@@H](CNC(=O)/C(=N\O)c3nsc(N)n3)[C@H]2CC1)C(F)(F)F. The van der Waals surface area contributed by atoms with E-state index in [2.05, 4.69) is 37.0 Å². The fraction of sp³-hybridized carbons (Fsp3) is 0.375. The number of alkyl halides is 3. The summed E-state index contributed by atoms with van der Waals surface area (Å²) in [4.78, 5) is 41.5. The number of allylic oxidation sites excluding steroid dienone is 1. The van der Waals surface area contributed by atoms with Crippen molar-refractivity contribution in [3.63, 3.8) is 0 Å². The summed E-state index contributed by atoms with van der Waals surface area (Å²) in [7, 11) is 0. The first-order valence-corrected chi connectivity index (χ1v) is 11.3. The van der Waals surface area contributed by atoms with Gasteiger partial charge in [0.1, 0.15) is 10.7 Å². The van der Waals surface area contributed by atoms with Gasteiger partial charge in [0.25, 0.3) is 5.91 Å². The number of carboxylic acids is 1. The molecular formula is C16H15F3N8O5S3. The minimum atomic E-state index is -5.03. The Labute approximate surface area is 207 Å². The molecule has 0 saturated carbocycles. The number of aliphatic carboxylic acids is 1. The fourth-order valence-electron chi connectivity index (χ4n) is 3.46. The summed E-state index contributed by atoms with van der Waals surface area (Å²) >= 11 is 4.51. The summed E-state index contributed by atoms with van der Waals surface area (Å²) in [6.07, 6.45) is -4.87. The molecule has 1 aromatic heterocycles. The summed E-state index contributed by atoms with van der Waals surface area (Å²) in [5.41, 5.74) is 2.57. The van der Waals surface area contributed by atoms with Gasteiger partial charge in [0, 0.05) is 23.0 Å². The number of β-lactam (4-membered cyclic amide) rings is 1. The van der Waals surface area contributed by atoms with Crippen LogP contribution in [-0.4, -0.2) is 77.6 Å². The van der Waals surface area contributed by atoms with E-state index < -0.39 is 58.1 Å². The van der Waals surface area contributed by atoms with Gasteiger partial charge in [-0.1, -0.05) is 16.9 Å². The molecule has 0 bridgehead atoms. The Morgan fingerprint density at radius 2 is 2.11 bits per heavy atom. The summed E-state index contributed by atoms with van der Waals surface area (Å²) < 4.78 is 45.5. The lowest BCUT2D eigenvalue weighted by Crippen LogP contribution is -2.65. The van der Waals surface area contributed by atoms with Gasteiger partial charge in [-0.15, -0.1) is 0 Å². The van der Waals surface area contributed by atoms with Crippen molar-refractivity contribution in [2.24, 2.45) is 15.5 Å². The van der Waals surface area contributed by atoms with Crippen LogP contribution in [0.2, 0.25) is 0 Å². The average molecular weight is 553 g/mol. The molecule has 35 heavy (non-hydrogen) atoms. The number of carbonyl (C=O) groups excluding carboxylic acids is 2. The van der Waals surface area contributed by atoms with E-state index in [9.17, 15) is 32.7 Å². The van der Waals surface area contributed by atoms with Gasteiger partial charge < -0.3 is 26.3 Å². The zero-order valence-electron chi connectivity index (χ0n) is 17.1. The first-order valence-electron chi connectivity index (χ1n) is 9.36. The summed E-state index contributed by atoms with van der Waals surface area (Å²) in [5.74, 6) is -4.19. The Kier molecular flexibility index (Phi) is 7.70. The number of rotatable bonds is 7. The van der Waals surface area contributed by atoms with Crippen LogP contribution in [0.3, 0.4) is 0 Å². The van der Waals surface area contributed by atoms with Crippen LogP contribution >= 0.6 is 36.1 Å². The number of carboxylic acid groups (broad SMARTS) is 1. The van der Waals surface area contributed by atoms with Crippen LogP contribution in [-0.2, 0) is 14.4 Å². The van der Waals surface area contributed by atoms with Crippen LogP contribution < -0.4 is 11.1 Å². The molecule has 0 aliphatic carbocycles. The van der Waals surface area contributed by atoms with Crippen LogP contribution in [0.1, 0.15) is 18.7 Å². The maximum absolute atomic E-state index is 12.9. The predicted molar refractivity (Wildman–Crippen MR) is 121 cm³/mol. The van der Waals surface area contributed by atoms with Crippen molar-refractivity contribution in [2.45, 2.75) is 25.1 Å². The van der Waals surface area contributed by atoms with Crippen molar-refractivity contribution in [1.29, 1.82) is 5.41 Å². The van der Waals surface area contributed by atoms with Gasteiger partial charge in [-0.3, -0.25) is 15.0 Å². The number of thiol groups is 1. The number of hydrogen-bond acceptors (Lipinski definition) is 13. The average Bonchev–Trinajstić information content (AvgIpc) is 3.21. The summed E-state index contributed by atoms with van der Waals surface area (Å²) in [6.45, 7) is -0.241. The van der Waals surface area contributed by atoms with Gasteiger partial charge >= 0.3 is 12.1 Å². The van der Waals surface area contributed by atoms with E-state index in [1.165, 1.54) is 0 Å². The molecule has 3 rings (SSSR count). The molecule has 2 amide bonds. The van der Waals surface area contributed by atoms with Crippen molar-refractivity contribution in [1.82, 2.24) is 19.6 Å². The lowest BCUT2D eigenvalue weighted by atomic mass is 9.81. The first kappa shape index (κ1) is 26.4. The molecule has 188 valence electrons. The quantitative estimate of drug-likeness (QED) is 0.0708. The number of amides is 2. The Bertz CT molecular complexity index is 1180. The van der Waals surface area contributed by atoms with Crippen molar-refractivity contribution in [3.05, 3.63) is 16.4 Å². The number of aromatic nitrogens is 2. The smallest absolute Gasteiger partial charge is 0.435 e. The molecule has 2 aliphatic rings. The number of thioether (sulfide) groups is 1. The van der Waals surface area contributed by atoms with Gasteiger partial charge in [-0.05, 0) is 25.7 Å². The van der Waals surface area contributed by atoms with Gasteiger partial charge in [-0.2, -0.15) is 22.5 Å². The molecule has 2 atom stereocenters. The normalized spacial score (nSPS) is 20.9. The Hall–Kier alpha value is -3.19. The molecule has 3 heterocycles. The van der Waals surface area contributed by atoms with Crippen molar-refractivity contribution < 1.29 is 37.9 Å². The highest BCUT2D eigenvalue weighted by Crippen LogP contribution is 2.44. The van der Waals surface area contributed by atoms with Crippen LogP contribution in [0.4, 0.5) is 18.3 Å². The molecule has 0 aromatic carbocycles. The Morgan fingerprint density at radius 1 is 1.43 bits per heavy atom. The van der Waals surface area contributed by atoms with Crippen molar-refractivity contribution >= 4 is 75.5 Å². The van der Waals surface area contributed by atoms with E-state index in [4.69, 9.17) is 16.4 Å². The number of hydrogen-bond donors (Lipinski definition) is 6. The van der Waals surface area contributed by atoms with Crippen molar-refractivity contribution in [2.75, 3.05) is 12.3 Å². The second-order valence-corrected chi connectivity index (χ2v) is 9.06. The molecule has 2 aliphatic heterocycles. The number of oxime groups is 1. The largest absolute Gasteiger partial charge is 0.477 e. The van der Waals surface area contributed by atoms with Gasteiger partial charge in [0.05, 0.1) is 12.0 Å². The summed E-state index contributed by atoms with van der Waals surface area (Å²) in [5, 5.41) is 30.3. The molecular weight excluding hydrogens is 537 g/mol. The molecule has 1 aromatic rings. The minimum Gasteiger partial charge on any atom is -0.477 e. The molecule has 19 heteroatoms.